The quantitative estimate of drug-likeness (QED) is 0.441. The van der Waals surface area contributed by atoms with Crippen molar-refractivity contribution < 1.29 is 4.79 Å². The Morgan fingerprint density at radius 3 is 2.65 bits per heavy atom. The van der Waals surface area contributed by atoms with Crippen LogP contribution in [0.4, 0.5) is 5.69 Å². The van der Waals surface area contributed by atoms with Crippen molar-refractivity contribution in [1.82, 2.24) is 15.3 Å². The number of carbonyl (C=O) groups excluding carboxylic acids is 1. The van der Waals surface area contributed by atoms with Gasteiger partial charge in [-0.15, -0.1) is 0 Å². The Hall–Kier alpha value is -3.77. The highest BCUT2D eigenvalue weighted by atomic mass is 32.2. The minimum atomic E-state index is -0.145. The lowest BCUT2D eigenvalue weighted by molar-refractivity contribution is 0.0951. The van der Waals surface area contributed by atoms with Gasteiger partial charge < -0.3 is 5.32 Å². The molecule has 150 valence electrons. The molecular weight excluding hydrogens is 404 g/mol. The Kier molecular flexibility index (Phi) is 5.29. The van der Waals surface area contributed by atoms with E-state index >= 15 is 0 Å². The average molecular weight is 423 g/mol. The summed E-state index contributed by atoms with van der Waals surface area (Å²) < 4.78 is 0. The van der Waals surface area contributed by atoms with Gasteiger partial charge in [-0.25, -0.2) is 4.99 Å². The van der Waals surface area contributed by atoms with Crippen LogP contribution < -0.4 is 5.32 Å². The molecule has 0 unspecified atom stereocenters. The summed E-state index contributed by atoms with van der Waals surface area (Å²) in [5, 5.41) is 2.95. The van der Waals surface area contributed by atoms with Crippen LogP contribution in [0.3, 0.4) is 0 Å². The predicted octanol–water partition coefficient (Wildman–Crippen LogP) is 5.04. The topological polar surface area (TPSA) is 67.2 Å². The van der Waals surface area contributed by atoms with Crippen molar-refractivity contribution in [3.05, 3.63) is 114 Å². The van der Waals surface area contributed by atoms with Crippen LogP contribution in [-0.4, -0.2) is 21.6 Å². The molecule has 1 N–H and O–H groups in total. The zero-order valence-electron chi connectivity index (χ0n) is 16.5. The standard InChI is InChI=1S/C25H18N4OS/c30-25(28-16-17-6-5-12-26-15-17)18-10-11-23-21(14-18)29-24(20-8-3-4-13-27-20)19-7-1-2-9-22(19)31-23/h1-15H,16H2,(H,28,30). The Labute approximate surface area is 184 Å². The van der Waals surface area contributed by atoms with Crippen molar-refractivity contribution in [2.24, 2.45) is 4.99 Å². The molecule has 5 nitrogen and oxygen atoms in total. The lowest BCUT2D eigenvalue weighted by Gasteiger charge is -2.08. The molecule has 31 heavy (non-hydrogen) atoms. The van der Waals surface area contributed by atoms with Gasteiger partial charge in [0.2, 0.25) is 0 Å². The van der Waals surface area contributed by atoms with Gasteiger partial charge in [-0.2, -0.15) is 0 Å². The van der Waals surface area contributed by atoms with Crippen LogP contribution in [0.2, 0.25) is 0 Å². The van der Waals surface area contributed by atoms with Crippen LogP contribution in [-0.2, 0) is 6.54 Å². The molecule has 0 saturated heterocycles. The number of benzene rings is 2. The first kappa shape index (κ1) is 19.2. The normalized spacial score (nSPS) is 12.2. The summed E-state index contributed by atoms with van der Waals surface area (Å²) in [6, 6.07) is 23.4. The number of hydrogen-bond acceptors (Lipinski definition) is 5. The van der Waals surface area contributed by atoms with E-state index in [1.54, 1.807) is 30.4 Å². The third-order valence-electron chi connectivity index (χ3n) is 4.90. The van der Waals surface area contributed by atoms with Gasteiger partial charge in [0.05, 0.1) is 17.1 Å². The molecule has 1 aliphatic heterocycles. The fourth-order valence-electron chi connectivity index (χ4n) is 3.37. The molecule has 6 heteroatoms. The van der Waals surface area contributed by atoms with Crippen LogP contribution in [0.1, 0.15) is 27.2 Å². The van der Waals surface area contributed by atoms with E-state index in [2.05, 4.69) is 27.4 Å². The summed E-state index contributed by atoms with van der Waals surface area (Å²) in [5.41, 5.74) is 4.91. The number of rotatable bonds is 4. The van der Waals surface area contributed by atoms with Gasteiger partial charge in [0.15, 0.2) is 0 Å². The molecule has 5 rings (SSSR count). The van der Waals surface area contributed by atoms with Crippen molar-refractivity contribution in [2.45, 2.75) is 16.3 Å². The van der Waals surface area contributed by atoms with E-state index in [-0.39, 0.29) is 5.91 Å². The zero-order chi connectivity index (χ0) is 21.0. The fraction of sp³-hybridized carbons (Fsp3) is 0.0400. The average Bonchev–Trinajstić information content (AvgIpc) is 3.00. The summed E-state index contributed by atoms with van der Waals surface area (Å²) in [7, 11) is 0. The molecule has 4 aromatic rings. The maximum Gasteiger partial charge on any atom is 0.251 e. The van der Waals surface area contributed by atoms with Crippen LogP contribution >= 0.6 is 11.8 Å². The fourth-order valence-corrected chi connectivity index (χ4v) is 4.37. The molecule has 0 fully saturated rings. The predicted molar refractivity (Wildman–Crippen MR) is 122 cm³/mol. The molecule has 2 aromatic carbocycles. The van der Waals surface area contributed by atoms with E-state index in [0.717, 1.165) is 38.0 Å². The molecule has 0 atom stereocenters. The Morgan fingerprint density at radius 2 is 1.81 bits per heavy atom. The Bertz CT molecular complexity index is 1270. The Balaban J connectivity index is 1.51. The molecule has 1 amide bonds. The molecule has 3 heterocycles. The highest BCUT2D eigenvalue weighted by molar-refractivity contribution is 7.99. The lowest BCUT2D eigenvalue weighted by atomic mass is 10.1. The summed E-state index contributed by atoms with van der Waals surface area (Å²) in [6.45, 7) is 0.423. The second-order valence-electron chi connectivity index (χ2n) is 7.00. The SMILES string of the molecule is O=C(NCc1cccnc1)c1ccc2c(c1)N=C(c1ccccn1)c1ccccc1S2. The number of amides is 1. The van der Waals surface area contributed by atoms with Crippen molar-refractivity contribution in [2.75, 3.05) is 0 Å². The summed E-state index contributed by atoms with van der Waals surface area (Å²) in [5.74, 6) is -0.145. The van der Waals surface area contributed by atoms with Crippen molar-refractivity contribution in [1.29, 1.82) is 0 Å². The van der Waals surface area contributed by atoms with E-state index in [1.165, 1.54) is 0 Å². The zero-order valence-corrected chi connectivity index (χ0v) is 17.3. The maximum absolute atomic E-state index is 12.8. The number of aliphatic imine (C=N–C) groups is 1. The van der Waals surface area contributed by atoms with Crippen LogP contribution in [0.5, 0.6) is 0 Å². The second kappa shape index (κ2) is 8.53. The van der Waals surface area contributed by atoms with Gasteiger partial charge in [-0.3, -0.25) is 14.8 Å². The number of nitrogens with one attached hydrogen (secondary N) is 1. The van der Waals surface area contributed by atoms with Crippen molar-refractivity contribution >= 4 is 29.1 Å². The van der Waals surface area contributed by atoms with Gasteiger partial charge in [0.1, 0.15) is 0 Å². The van der Waals surface area contributed by atoms with Crippen LogP contribution in [0.25, 0.3) is 0 Å². The molecule has 0 aliphatic carbocycles. The molecule has 2 aromatic heterocycles. The monoisotopic (exact) mass is 422 g/mol. The van der Waals surface area contributed by atoms with Gasteiger partial charge in [0.25, 0.3) is 5.91 Å². The highest BCUT2D eigenvalue weighted by Crippen LogP contribution is 2.41. The van der Waals surface area contributed by atoms with E-state index in [1.807, 2.05) is 60.7 Å². The van der Waals surface area contributed by atoms with E-state index in [4.69, 9.17) is 4.99 Å². The number of fused-ring (bicyclic) bond motifs is 2. The van der Waals surface area contributed by atoms with Gasteiger partial charge in [0, 0.05) is 46.1 Å². The van der Waals surface area contributed by atoms with Gasteiger partial charge in [-0.05, 0) is 48.0 Å². The van der Waals surface area contributed by atoms with Gasteiger partial charge in [-0.1, -0.05) is 42.1 Å². The minimum absolute atomic E-state index is 0.145. The van der Waals surface area contributed by atoms with E-state index < -0.39 is 0 Å². The molecule has 1 aliphatic rings. The lowest BCUT2D eigenvalue weighted by Crippen LogP contribution is -2.22. The van der Waals surface area contributed by atoms with Gasteiger partial charge >= 0.3 is 0 Å². The summed E-state index contributed by atoms with van der Waals surface area (Å²) in [6.07, 6.45) is 5.22. The largest absolute Gasteiger partial charge is 0.348 e. The first-order valence-corrected chi connectivity index (χ1v) is 10.7. The third kappa shape index (κ3) is 4.11. The third-order valence-corrected chi connectivity index (χ3v) is 6.04. The second-order valence-corrected chi connectivity index (χ2v) is 8.08. The smallest absolute Gasteiger partial charge is 0.251 e. The highest BCUT2D eigenvalue weighted by Gasteiger charge is 2.20. The maximum atomic E-state index is 12.8. The molecule has 0 saturated carbocycles. The van der Waals surface area contributed by atoms with E-state index in [0.29, 0.717) is 12.1 Å². The molecular formula is C25H18N4OS. The number of aromatic nitrogens is 2. The first-order chi connectivity index (χ1) is 15.3. The molecule has 0 spiro atoms. The number of hydrogen-bond donors (Lipinski definition) is 1. The van der Waals surface area contributed by atoms with Crippen molar-refractivity contribution in [3.8, 4) is 0 Å². The Morgan fingerprint density at radius 1 is 0.903 bits per heavy atom. The molecule has 0 bridgehead atoms. The van der Waals surface area contributed by atoms with Crippen LogP contribution in [0.15, 0.2) is 106 Å². The number of pyridine rings is 2. The van der Waals surface area contributed by atoms with Crippen LogP contribution in [0, 0.1) is 0 Å². The number of carbonyl (C=O) groups is 1. The molecule has 0 radical (unpaired) electrons. The minimum Gasteiger partial charge on any atom is -0.348 e. The first-order valence-electron chi connectivity index (χ1n) is 9.86. The van der Waals surface area contributed by atoms with E-state index in [9.17, 15) is 4.79 Å². The summed E-state index contributed by atoms with van der Waals surface area (Å²) >= 11 is 1.65. The number of nitrogens with zero attached hydrogens (tertiary/aromatic N) is 3. The van der Waals surface area contributed by atoms with Crippen molar-refractivity contribution in [3.63, 3.8) is 0 Å². The summed E-state index contributed by atoms with van der Waals surface area (Å²) in [4.78, 5) is 28.4.